The molecule has 0 bridgehead atoms. The lowest BCUT2D eigenvalue weighted by atomic mass is 9.90. The predicted octanol–water partition coefficient (Wildman–Crippen LogP) is 6.74. The lowest BCUT2D eigenvalue weighted by Crippen LogP contribution is -2.06. The van der Waals surface area contributed by atoms with Crippen molar-refractivity contribution in [3.8, 4) is 39.8 Å². The Bertz CT molecular complexity index is 993. The molecule has 1 aromatic heterocycles. The molecule has 4 heteroatoms. The first-order chi connectivity index (χ1) is 14.5. The van der Waals surface area contributed by atoms with Crippen molar-refractivity contribution in [1.82, 2.24) is 4.98 Å². The highest BCUT2D eigenvalue weighted by atomic mass is 16.7. The molecule has 2 heterocycles. The quantitative estimate of drug-likeness (QED) is 0.410. The van der Waals surface area contributed by atoms with Gasteiger partial charge in [-0.05, 0) is 54.0 Å². The van der Waals surface area contributed by atoms with Crippen LogP contribution in [0.2, 0.25) is 0 Å². The Labute approximate surface area is 178 Å². The predicted molar refractivity (Wildman–Crippen MR) is 120 cm³/mol. The molecule has 0 unspecified atom stereocenters. The molecule has 156 valence electrons. The molecule has 0 saturated heterocycles. The highest BCUT2D eigenvalue weighted by Crippen LogP contribution is 2.37. The number of pyridine rings is 1. The monoisotopic (exact) mass is 403 g/mol. The van der Waals surface area contributed by atoms with E-state index in [0.29, 0.717) is 17.9 Å². The van der Waals surface area contributed by atoms with Gasteiger partial charge in [-0.1, -0.05) is 57.2 Å². The number of hydrogen-bond donors (Lipinski definition) is 0. The zero-order valence-electron chi connectivity index (χ0n) is 18.0. The van der Waals surface area contributed by atoms with Gasteiger partial charge in [-0.2, -0.15) is 0 Å². The van der Waals surface area contributed by atoms with E-state index >= 15 is 0 Å². The van der Waals surface area contributed by atoms with Crippen LogP contribution >= 0.6 is 0 Å². The fourth-order valence-electron chi connectivity index (χ4n) is 3.51. The zero-order chi connectivity index (χ0) is 21.0. The van der Waals surface area contributed by atoms with Gasteiger partial charge in [0.2, 0.25) is 12.7 Å². The van der Waals surface area contributed by atoms with Crippen molar-refractivity contribution in [2.75, 3.05) is 13.4 Å². The maximum atomic E-state index is 6.07. The van der Waals surface area contributed by atoms with E-state index in [2.05, 4.69) is 39.0 Å². The lowest BCUT2D eigenvalue weighted by molar-refractivity contribution is 0.174. The van der Waals surface area contributed by atoms with Gasteiger partial charge in [0, 0.05) is 11.6 Å². The highest BCUT2D eigenvalue weighted by molar-refractivity contribution is 5.73. The van der Waals surface area contributed by atoms with Crippen LogP contribution in [0.3, 0.4) is 0 Å². The molecule has 0 amide bonds. The molecule has 3 aromatic rings. The van der Waals surface area contributed by atoms with E-state index in [1.165, 1.54) is 6.42 Å². The summed E-state index contributed by atoms with van der Waals surface area (Å²) in [5.41, 5.74) is 4.43. The minimum absolute atomic E-state index is 0.271. The molecule has 1 aliphatic rings. The first kappa shape index (κ1) is 20.3. The van der Waals surface area contributed by atoms with Gasteiger partial charge < -0.3 is 14.2 Å². The Morgan fingerprint density at radius 1 is 0.833 bits per heavy atom. The van der Waals surface area contributed by atoms with Gasteiger partial charge in [0.05, 0.1) is 12.3 Å². The number of aromatic nitrogens is 1. The molecular formula is C26H29NO3. The summed E-state index contributed by atoms with van der Waals surface area (Å²) in [4.78, 5) is 4.77. The molecule has 0 N–H and O–H groups in total. The van der Waals surface area contributed by atoms with Gasteiger partial charge in [-0.3, -0.25) is 0 Å². The summed E-state index contributed by atoms with van der Waals surface area (Å²) < 4.78 is 17.1. The number of rotatable bonds is 7. The van der Waals surface area contributed by atoms with Crippen molar-refractivity contribution in [2.45, 2.75) is 40.0 Å². The minimum Gasteiger partial charge on any atom is -0.478 e. The normalized spacial score (nSPS) is 12.8. The summed E-state index contributed by atoms with van der Waals surface area (Å²) in [5, 5.41) is 0. The van der Waals surface area contributed by atoms with Crippen LogP contribution in [-0.2, 0) is 0 Å². The molecule has 0 fully saturated rings. The van der Waals surface area contributed by atoms with E-state index in [4.69, 9.17) is 19.2 Å². The molecular weight excluding hydrogens is 374 g/mol. The number of hydrogen-bond acceptors (Lipinski definition) is 4. The molecule has 0 saturated carbocycles. The molecule has 0 atom stereocenters. The second-order valence-corrected chi connectivity index (χ2v) is 8.88. The average molecular weight is 404 g/mol. The molecule has 0 radical (unpaired) electrons. The van der Waals surface area contributed by atoms with E-state index in [9.17, 15) is 0 Å². The van der Waals surface area contributed by atoms with Gasteiger partial charge in [-0.15, -0.1) is 0 Å². The van der Waals surface area contributed by atoms with Crippen LogP contribution in [0.15, 0.2) is 60.7 Å². The Hall–Kier alpha value is -3.01. The van der Waals surface area contributed by atoms with Crippen LogP contribution in [0.25, 0.3) is 22.4 Å². The second kappa shape index (κ2) is 8.78. The summed E-state index contributed by atoms with van der Waals surface area (Å²) in [5.74, 6) is 2.21. The average Bonchev–Trinajstić information content (AvgIpc) is 3.21. The zero-order valence-corrected chi connectivity index (χ0v) is 18.0. The van der Waals surface area contributed by atoms with Crippen LogP contribution in [0, 0.1) is 5.41 Å². The summed E-state index contributed by atoms with van der Waals surface area (Å²) in [6, 6.07) is 20.3. The van der Waals surface area contributed by atoms with E-state index in [1.807, 2.05) is 42.5 Å². The molecule has 30 heavy (non-hydrogen) atoms. The largest absolute Gasteiger partial charge is 0.478 e. The van der Waals surface area contributed by atoms with Crippen LogP contribution < -0.4 is 14.2 Å². The van der Waals surface area contributed by atoms with Gasteiger partial charge in [0.1, 0.15) is 0 Å². The standard InChI is InChI=1S/C26H29NO3/c1-26(2,3)13-7-8-14-28-25-17-21(15-22(27-25)19-9-5-4-6-10-19)20-11-12-23-24(16-20)30-18-29-23/h4-6,9-12,15-17H,7-8,13-14,18H2,1-3H3. The summed E-state index contributed by atoms with van der Waals surface area (Å²) in [6.07, 6.45) is 3.36. The number of unbranched alkanes of at least 4 members (excludes halogenated alkanes) is 1. The Kier molecular flexibility index (Phi) is 5.93. The van der Waals surface area contributed by atoms with Gasteiger partial charge in [0.25, 0.3) is 0 Å². The van der Waals surface area contributed by atoms with Crippen LogP contribution in [0.1, 0.15) is 40.0 Å². The summed E-state index contributed by atoms with van der Waals surface area (Å²) in [7, 11) is 0. The number of benzene rings is 2. The molecule has 2 aromatic carbocycles. The van der Waals surface area contributed by atoms with E-state index in [-0.39, 0.29) is 6.79 Å². The van der Waals surface area contributed by atoms with Gasteiger partial charge in [0.15, 0.2) is 11.5 Å². The van der Waals surface area contributed by atoms with Crippen molar-refractivity contribution in [1.29, 1.82) is 0 Å². The number of ether oxygens (including phenoxy) is 3. The molecule has 4 rings (SSSR count). The Morgan fingerprint density at radius 2 is 1.63 bits per heavy atom. The first-order valence-electron chi connectivity index (χ1n) is 10.6. The summed E-state index contributed by atoms with van der Waals surface area (Å²) in [6.45, 7) is 7.76. The van der Waals surface area contributed by atoms with Gasteiger partial charge >= 0.3 is 0 Å². The fourth-order valence-corrected chi connectivity index (χ4v) is 3.51. The fraction of sp³-hybridized carbons (Fsp3) is 0.346. The SMILES string of the molecule is CC(C)(C)CCCCOc1cc(-c2ccc3c(c2)OCO3)cc(-c2ccccc2)n1. The van der Waals surface area contributed by atoms with Crippen LogP contribution in [0.5, 0.6) is 17.4 Å². The van der Waals surface area contributed by atoms with Gasteiger partial charge in [-0.25, -0.2) is 4.98 Å². The number of nitrogens with zero attached hydrogens (tertiary/aromatic N) is 1. The van der Waals surface area contributed by atoms with Crippen LogP contribution in [0.4, 0.5) is 0 Å². The molecule has 0 spiro atoms. The maximum absolute atomic E-state index is 6.07. The third-order valence-corrected chi connectivity index (χ3v) is 5.15. The second-order valence-electron chi connectivity index (χ2n) is 8.88. The van der Waals surface area contributed by atoms with E-state index in [1.54, 1.807) is 0 Å². The smallest absolute Gasteiger partial charge is 0.231 e. The van der Waals surface area contributed by atoms with Crippen molar-refractivity contribution in [2.24, 2.45) is 5.41 Å². The van der Waals surface area contributed by atoms with Crippen molar-refractivity contribution in [3.05, 3.63) is 60.7 Å². The molecule has 1 aliphatic heterocycles. The maximum Gasteiger partial charge on any atom is 0.231 e. The third kappa shape index (κ3) is 5.12. The van der Waals surface area contributed by atoms with E-state index < -0.39 is 0 Å². The lowest BCUT2D eigenvalue weighted by Gasteiger charge is -2.17. The molecule has 0 aliphatic carbocycles. The van der Waals surface area contributed by atoms with Crippen molar-refractivity contribution < 1.29 is 14.2 Å². The third-order valence-electron chi connectivity index (χ3n) is 5.15. The summed E-state index contributed by atoms with van der Waals surface area (Å²) >= 11 is 0. The first-order valence-corrected chi connectivity index (χ1v) is 10.6. The van der Waals surface area contributed by atoms with Crippen LogP contribution in [-0.4, -0.2) is 18.4 Å². The minimum atomic E-state index is 0.271. The Morgan fingerprint density at radius 3 is 2.43 bits per heavy atom. The Balaban J connectivity index is 1.57. The number of fused-ring (bicyclic) bond motifs is 1. The molecule has 4 nitrogen and oxygen atoms in total. The topological polar surface area (TPSA) is 40.6 Å². The van der Waals surface area contributed by atoms with E-state index in [0.717, 1.165) is 46.7 Å². The van der Waals surface area contributed by atoms with Crippen molar-refractivity contribution in [3.63, 3.8) is 0 Å². The van der Waals surface area contributed by atoms with Crippen molar-refractivity contribution >= 4 is 0 Å². The highest BCUT2D eigenvalue weighted by Gasteiger charge is 2.15.